The second-order valence-corrected chi connectivity index (χ2v) is 5.09. The molecule has 3 rings (SSSR count). The van der Waals surface area contributed by atoms with Gasteiger partial charge < -0.3 is 14.3 Å². The summed E-state index contributed by atoms with van der Waals surface area (Å²) in [5, 5.41) is 6.67. The number of aryl methyl sites for hydroxylation is 2. The van der Waals surface area contributed by atoms with E-state index in [2.05, 4.69) is 10.5 Å². The molecule has 0 aliphatic heterocycles. The number of amides is 1. The molecule has 2 heterocycles. The lowest BCUT2D eigenvalue weighted by Crippen LogP contribution is -2.23. The van der Waals surface area contributed by atoms with E-state index >= 15 is 0 Å². The van der Waals surface area contributed by atoms with Crippen molar-refractivity contribution in [3.8, 4) is 11.1 Å². The maximum Gasteiger partial charge on any atom is 0.257 e. The van der Waals surface area contributed by atoms with Crippen molar-refractivity contribution < 1.29 is 13.7 Å². The third kappa shape index (κ3) is 2.79. The van der Waals surface area contributed by atoms with Gasteiger partial charge in [-0.1, -0.05) is 29.4 Å². The monoisotopic (exact) mass is 296 g/mol. The lowest BCUT2D eigenvalue weighted by Gasteiger charge is -2.06. The number of hydrogen-bond donors (Lipinski definition) is 1. The van der Waals surface area contributed by atoms with Gasteiger partial charge in [0.1, 0.15) is 11.3 Å². The van der Waals surface area contributed by atoms with Gasteiger partial charge in [-0.25, -0.2) is 0 Å². The second kappa shape index (κ2) is 5.89. The molecule has 0 radical (unpaired) electrons. The van der Waals surface area contributed by atoms with Crippen LogP contribution in [0.2, 0.25) is 0 Å². The SMILES string of the molecule is Cc1noc(C)c1C(=O)NCc1ccc(-c2ccoc2)cc1. The number of nitrogens with zero attached hydrogens (tertiary/aromatic N) is 1. The average molecular weight is 296 g/mol. The van der Waals surface area contributed by atoms with E-state index in [1.54, 1.807) is 26.4 Å². The van der Waals surface area contributed by atoms with Gasteiger partial charge in [0.05, 0.1) is 18.2 Å². The number of benzene rings is 1. The standard InChI is InChI=1S/C17H16N2O3/c1-11-16(12(2)22-19-11)17(20)18-9-13-3-5-14(6-4-13)15-7-8-21-10-15/h3-8,10H,9H2,1-2H3,(H,18,20). The molecule has 0 fully saturated rings. The fraction of sp³-hybridized carbons (Fsp3) is 0.176. The van der Waals surface area contributed by atoms with E-state index in [9.17, 15) is 4.79 Å². The van der Waals surface area contributed by atoms with Crippen molar-refractivity contribution in [2.45, 2.75) is 20.4 Å². The number of rotatable bonds is 4. The first-order valence-electron chi connectivity index (χ1n) is 6.97. The first-order valence-corrected chi connectivity index (χ1v) is 6.97. The Balaban J connectivity index is 1.66. The molecule has 0 saturated heterocycles. The van der Waals surface area contributed by atoms with Crippen LogP contribution in [0.15, 0.2) is 51.8 Å². The predicted octanol–water partition coefficient (Wildman–Crippen LogP) is 3.48. The van der Waals surface area contributed by atoms with Gasteiger partial charge in [-0.2, -0.15) is 0 Å². The summed E-state index contributed by atoms with van der Waals surface area (Å²) in [7, 11) is 0. The quantitative estimate of drug-likeness (QED) is 0.800. The molecule has 0 spiro atoms. The molecule has 112 valence electrons. The first-order chi connectivity index (χ1) is 10.6. The predicted molar refractivity (Wildman–Crippen MR) is 81.3 cm³/mol. The summed E-state index contributed by atoms with van der Waals surface area (Å²) in [5.74, 6) is 0.362. The normalized spacial score (nSPS) is 10.6. The smallest absolute Gasteiger partial charge is 0.257 e. The van der Waals surface area contributed by atoms with Crippen molar-refractivity contribution in [1.29, 1.82) is 0 Å². The van der Waals surface area contributed by atoms with Crippen LogP contribution in [0.1, 0.15) is 27.4 Å². The Hall–Kier alpha value is -2.82. The number of furan rings is 1. The van der Waals surface area contributed by atoms with Crippen molar-refractivity contribution in [1.82, 2.24) is 10.5 Å². The summed E-state index contributed by atoms with van der Waals surface area (Å²) in [5.41, 5.74) is 4.24. The molecule has 22 heavy (non-hydrogen) atoms. The van der Waals surface area contributed by atoms with Crippen LogP contribution in [0.25, 0.3) is 11.1 Å². The molecule has 1 amide bonds. The summed E-state index contributed by atoms with van der Waals surface area (Å²) in [4.78, 5) is 12.2. The van der Waals surface area contributed by atoms with Gasteiger partial charge in [0.25, 0.3) is 5.91 Å². The summed E-state index contributed by atoms with van der Waals surface area (Å²) < 4.78 is 10.1. The van der Waals surface area contributed by atoms with Crippen LogP contribution in [0.4, 0.5) is 0 Å². The molecule has 0 unspecified atom stereocenters. The van der Waals surface area contributed by atoms with Crippen LogP contribution in [0, 0.1) is 13.8 Å². The molecule has 3 aromatic rings. The van der Waals surface area contributed by atoms with Gasteiger partial charge in [-0.05, 0) is 31.0 Å². The van der Waals surface area contributed by atoms with Crippen molar-refractivity contribution in [3.63, 3.8) is 0 Å². The summed E-state index contributed by atoms with van der Waals surface area (Å²) in [6.45, 7) is 3.94. The number of aromatic nitrogens is 1. The Morgan fingerprint density at radius 3 is 2.50 bits per heavy atom. The fourth-order valence-corrected chi connectivity index (χ4v) is 2.32. The maximum atomic E-state index is 12.2. The van der Waals surface area contributed by atoms with Crippen molar-refractivity contribution >= 4 is 5.91 Å². The maximum absolute atomic E-state index is 12.2. The van der Waals surface area contributed by atoms with E-state index in [0.29, 0.717) is 23.6 Å². The van der Waals surface area contributed by atoms with E-state index in [1.165, 1.54) is 0 Å². The van der Waals surface area contributed by atoms with Crippen molar-refractivity contribution in [2.24, 2.45) is 0 Å². The molecule has 5 nitrogen and oxygen atoms in total. The zero-order chi connectivity index (χ0) is 15.5. The minimum Gasteiger partial charge on any atom is -0.472 e. The Morgan fingerprint density at radius 2 is 1.91 bits per heavy atom. The second-order valence-electron chi connectivity index (χ2n) is 5.09. The third-order valence-electron chi connectivity index (χ3n) is 3.52. The highest BCUT2D eigenvalue weighted by Gasteiger charge is 2.16. The molecule has 1 aromatic carbocycles. The van der Waals surface area contributed by atoms with Crippen molar-refractivity contribution in [2.75, 3.05) is 0 Å². The van der Waals surface area contributed by atoms with Crippen LogP contribution < -0.4 is 5.32 Å². The Morgan fingerprint density at radius 1 is 1.14 bits per heavy atom. The highest BCUT2D eigenvalue weighted by atomic mass is 16.5. The minimum atomic E-state index is -0.171. The molecule has 0 saturated carbocycles. The molecule has 0 atom stereocenters. The van der Waals surface area contributed by atoms with Crippen LogP contribution in [0.3, 0.4) is 0 Å². The molecule has 2 aromatic heterocycles. The van der Waals surface area contributed by atoms with Gasteiger partial charge in [-0.3, -0.25) is 4.79 Å². The van der Waals surface area contributed by atoms with Gasteiger partial charge in [-0.15, -0.1) is 0 Å². The highest BCUT2D eigenvalue weighted by Crippen LogP contribution is 2.20. The number of carbonyl (C=O) groups excluding carboxylic acids is 1. The molecule has 1 N–H and O–H groups in total. The molecular formula is C17H16N2O3. The lowest BCUT2D eigenvalue weighted by molar-refractivity contribution is 0.0949. The zero-order valence-electron chi connectivity index (χ0n) is 12.4. The largest absolute Gasteiger partial charge is 0.472 e. The minimum absolute atomic E-state index is 0.171. The summed E-state index contributed by atoms with van der Waals surface area (Å²) in [6, 6.07) is 9.88. The van der Waals surface area contributed by atoms with E-state index in [-0.39, 0.29) is 5.91 Å². The number of hydrogen-bond acceptors (Lipinski definition) is 4. The molecule has 0 bridgehead atoms. The molecular weight excluding hydrogens is 280 g/mol. The van der Waals surface area contributed by atoms with Crippen LogP contribution in [-0.2, 0) is 6.54 Å². The molecule has 0 aliphatic carbocycles. The Bertz CT molecular complexity index is 751. The topological polar surface area (TPSA) is 68.3 Å². The van der Waals surface area contributed by atoms with E-state index < -0.39 is 0 Å². The molecule has 0 aliphatic rings. The Kier molecular flexibility index (Phi) is 3.78. The number of nitrogens with one attached hydrogen (secondary N) is 1. The fourth-order valence-electron chi connectivity index (χ4n) is 2.32. The summed E-state index contributed by atoms with van der Waals surface area (Å²) in [6.07, 6.45) is 3.35. The van der Waals surface area contributed by atoms with Crippen LogP contribution in [0.5, 0.6) is 0 Å². The zero-order valence-corrected chi connectivity index (χ0v) is 12.4. The van der Waals surface area contributed by atoms with E-state index in [4.69, 9.17) is 8.94 Å². The van der Waals surface area contributed by atoms with Gasteiger partial charge >= 0.3 is 0 Å². The Labute approximate surface area is 127 Å². The van der Waals surface area contributed by atoms with Crippen LogP contribution in [-0.4, -0.2) is 11.1 Å². The van der Waals surface area contributed by atoms with E-state index in [0.717, 1.165) is 16.7 Å². The highest BCUT2D eigenvalue weighted by molar-refractivity contribution is 5.96. The van der Waals surface area contributed by atoms with Gasteiger partial charge in [0.15, 0.2) is 0 Å². The lowest BCUT2D eigenvalue weighted by atomic mass is 10.1. The van der Waals surface area contributed by atoms with Gasteiger partial charge in [0.2, 0.25) is 0 Å². The summed E-state index contributed by atoms with van der Waals surface area (Å²) >= 11 is 0. The first kappa shape index (κ1) is 14.1. The van der Waals surface area contributed by atoms with Crippen LogP contribution >= 0.6 is 0 Å². The van der Waals surface area contributed by atoms with Gasteiger partial charge in [0, 0.05) is 12.1 Å². The third-order valence-corrected chi connectivity index (χ3v) is 3.52. The van der Waals surface area contributed by atoms with E-state index in [1.807, 2.05) is 30.3 Å². The van der Waals surface area contributed by atoms with Crippen molar-refractivity contribution in [3.05, 3.63) is 65.4 Å². The number of carbonyl (C=O) groups is 1. The molecule has 5 heteroatoms. The average Bonchev–Trinajstić information content (AvgIpc) is 3.16.